The molecule has 0 saturated carbocycles. The third-order valence-corrected chi connectivity index (χ3v) is 6.22. The van der Waals surface area contributed by atoms with Crippen LogP contribution in [-0.2, 0) is 16.0 Å². The topological polar surface area (TPSA) is 91.2 Å². The Labute approximate surface area is 178 Å². The molecule has 3 aromatic rings. The number of sulfone groups is 1. The van der Waals surface area contributed by atoms with Gasteiger partial charge in [0.1, 0.15) is 24.0 Å². The Kier molecular flexibility index (Phi) is 6.49. The Morgan fingerprint density at radius 2 is 1.81 bits per heavy atom. The first-order chi connectivity index (χ1) is 15.0. The van der Waals surface area contributed by atoms with Crippen molar-refractivity contribution in [2.24, 2.45) is 0 Å². The van der Waals surface area contributed by atoms with Gasteiger partial charge in [-0.15, -0.1) is 0 Å². The van der Waals surface area contributed by atoms with E-state index in [1.807, 2.05) is 0 Å². The fourth-order valence-corrected chi connectivity index (χ4v) is 3.82. The van der Waals surface area contributed by atoms with Crippen molar-refractivity contribution < 1.29 is 35.1 Å². The molecule has 0 bridgehead atoms. The first-order valence-corrected chi connectivity index (χ1v) is 10.8. The summed E-state index contributed by atoms with van der Waals surface area (Å²) in [6, 6.07) is 3.43. The number of ether oxygens (including phenoxy) is 1. The van der Waals surface area contributed by atoms with Crippen molar-refractivity contribution in [2.75, 3.05) is 19.1 Å². The van der Waals surface area contributed by atoms with Crippen LogP contribution >= 0.6 is 0 Å². The molecule has 0 aliphatic heterocycles. The summed E-state index contributed by atoms with van der Waals surface area (Å²) in [7, 11) is -4.06. The van der Waals surface area contributed by atoms with Gasteiger partial charge in [0.25, 0.3) is 5.56 Å². The van der Waals surface area contributed by atoms with Gasteiger partial charge in [0.05, 0.1) is 29.1 Å². The summed E-state index contributed by atoms with van der Waals surface area (Å²) in [5.74, 6) is -1.18. The molecule has 0 amide bonds. The lowest BCUT2D eigenvalue weighted by atomic mass is 10.1. The first-order valence-electron chi connectivity index (χ1n) is 9.13. The van der Waals surface area contributed by atoms with Crippen molar-refractivity contribution in [3.05, 3.63) is 52.6 Å². The van der Waals surface area contributed by atoms with Gasteiger partial charge in [-0.2, -0.15) is 23.0 Å². The molecule has 0 N–H and O–H groups in total. The molecule has 0 spiro atoms. The number of fused-ring (bicyclic) bond motifs is 1. The molecule has 0 radical (unpaired) electrons. The summed E-state index contributed by atoms with van der Waals surface area (Å²) < 4.78 is 95.5. The molecule has 172 valence electrons. The lowest BCUT2D eigenvalue weighted by Gasteiger charge is -2.15. The number of pyridine rings is 1. The molecule has 0 fully saturated rings. The standard InChI is InChI=1S/C19H16F5N3O4S/c1-2-32(29,30)16-6-13(31-14(7-20)8-21)10-25-17(16)27-18(28)15-5-12(19(22,23)24)4-3-11(15)9-26-27/h3-6,9-10,14H,2,7-8H2,1H3. The predicted octanol–water partition coefficient (Wildman–Crippen LogP) is 3.28. The Balaban J connectivity index is 2.24. The van der Waals surface area contributed by atoms with Gasteiger partial charge in [-0.25, -0.2) is 22.2 Å². The van der Waals surface area contributed by atoms with Crippen LogP contribution in [0.2, 0.25) is 0 Å². The zero-order valence-corrected chi connectivity index (χ0v) is 17.3. The van der Waals surface area contributed by atoms with Crippen LogP contribution in [0.4, 0.5) is 22.0 Å². The van der Waals surface area contributed by atoms with Crippen molar-refractivity contribution in [3.8, 4) is 11.6 Å². The number of nitrogens with zero attached hydrogens (tertiary/aromatic N) is 3. The minimum Gasteiger partial charge on any atom is -0.483 e. The monoisotopic (exact) mass is 477 g/mol. The highest BCUT2D eigenvalue weighted by Crippen LogP contribution is 2.31. The molecule has 2 heterocycles. The van der Waals surface area contributed by atoms with E-state index in [1.165, 1.54) is 6.92 Å². The van der Waals surface area contributed by atoms with Crippen LogP contribution in [0.5, 0.6) is 5.75 Å². The fourth-order valence-electron chi connectivity index (χ4n) is 2.79. The smallest absolute Gasteiger partial charge is 0.416 e. The van der Waals surface area contributed by atoms with Gasteiger partial charge in [0.2, 0.25) is 0 Å². The van der Waals surface area contributed by atoms with E-state index in [-0.39, 0.29) is 16.5 Å². The maximum atomic E-state index is 13.1. The number of aromatic nitrogens is 3. The molecule has 13 heteroatoms. The fraction of sp³-hybridized carbons (Fsp3) is 0.316. The highest BCUT2D eigenvalue weighted by molar-refractivity contribution is 7.91. The molecule has 0 aliphatic carbocycles. The normalized spacial score (nSPS) is 12.5. The third kappa shape index (κ3) is 4.56. The van der Waals surface area contributed by atoms with Gasteiger partial charge in [-0.1, -0.05) is 13.0 Å². The molecule has 3 rings (SSSR count). The third-order valence-electron chi connectivity index (χ3n) is 4.49. The molecular formula is C19H16F5N3O4S. The largest absolute Gasteiger partial charge is 0.483 e. The van der Waals surface area contributed by atoms with Crippen LogP contribution in [-0.4, -0.2) is 48.4 Å². The summed E-state index contributed by atoms with van der Waals surface area (Å²) in [5, 5.41) is 3.58. The van der Waals surface area contributed by atoms with E-state index in [0.717, 1.165) is 30.6 Å². The van der Waals surface area contributed by atoms with E-state index >= 15 is 0 Å². The Hall–Kier alpha value is -3.09. The lowest BCUT2D eigenvalue weighted by Crippen LogP contribution is -2.25. The Morgan fingerprint density at radius 3 is 2.41 bits per heavy atom. The molecule has 0 unspecified atom stereocenters. The average Bonchev–Trinajstić information content (AvgIpc) is 2.77. The molecular weight excluding hydrogens is 461 g/mol. The van der Waals surface area contributed by atoms with Crippen LogP contribution in [0.25, 0.3) is 16.6 Å². The van der Waals surface area contributed by atoms with Crippen LogP contribution < -0.4 is 10.3 Å². The van der Waals surface area contributed by atoms with Gasteiger partial charge in [-0.3, -0.25) is 4.79 Å². The van der Waals surface area contributed by atoms with E-state index < -0.39 is 63.1 Å². The minimum atomic E-state index is -4.70. The van der Waals surface area contributed by atoms with Crippen molar-refractivity contribution in [2.45, 2.75) is 24.1 Å². The number of rotatable bonds is 7. The average molecular weight is 477 g/mol. The Bertz CT molecular complexity index is 1300. The maximum Gasteiger partial charge on any atom is 0.416 e. The Morgan fingerprint density at radius 1 is 1.12 bits per heavy atom. The SMILES string of the molecule is CCS(=O)(=O)c1cc(OC(CF)CF)cnc1-n1ncc2ccc(C(F)(F)F)cc2c1=O. The van der Waals surface area contributed by atoms with Gasteiger partial charge < -0.3 is 4.74 Å². The second kappa shape index (κ2) is 8.81. The number of alkyl halides is 5. The summed E-state index contributed by atoms with van der Waals surface area (Å²) >= 11 is 0. The highest BCUT2D eigenvalue weighted by atomic mass is 32.2. The minimum absolute atomic E-state index is 0.104. The molecule has 7 nitrogen and oxygen atoms in total. The van der Waals surface area contributed by atoms with E-state index in [2.05, 4.69) is 10.1 Å². The van der Waals surface area contributed by atoms with E-state index in [9.17, 15) is 35.2 Å². The molecule has 1 aromatic carbocycles. The van der Waals surface area contributed by atoms with Crippen LogP contribution in [0.3, 0.4) is 0 Å². The quantitative estimate of drug-likeness (QED) is 0.485. The van der Waals surface area contributed by atoms with Gasteiger partial charge in [0, 0.05) is 11.5 Å². The van der Waals surface area contributed by atoms with Crippen LogP contribution in [0, 0.1) is 0 Å². The maximum absolute atomic E-state index is 13.1. The number of benzene rings is 1. The molecule has 32 heavy (non-hydrogen) atoms. The van der Waals surface area contributed by atoms with Crippen molar-refractivity contribution in [1.29, 1.82) is 0 Å². The van der Waals surface area contributed by atoms with Gasteiger partial charge in [-0.05, 0) is 12.1 Å². The first kappa shape index (κ1) is 23.6. The van der Waals surface area contributed by atoms with Crippen molar-refractivity contribution >= 4 is 20.6 Å². The summed E-state index contributed by atoms with van der Waals surface area (Å²) in [6.07, 6.45) is -4.16. The second-order valence-electron chi connectivity index (χ2n) is 6.61. The van der Waals surface area contributed by atoms with E-state index in [4.69, 9.17) is 4.74 Å². The van der Waals surface area contributed by atoms with Gasteiger partial charge >= 0.3 is 6.18 Å². The number of hydrogen-bond acceptors (Lipinski definition) is 6. The molecule has 0 aliphatic rings. The lowest BCUT2D eigenvalue weighted by molar-refractivity contribution is -0.137. The molecule has 0 saturated heterocycles. The summed E-state index contributed by atoms with van der Waals surface area (Å²) in [4.78, 5) is 16.2. The van der Waals surface area contributed by atoms with Gasteiger partial charge in [0.15, 0.2) is 21.8 Å². The summed E-state index contributed by atoms with van der Waals surface area (Å²) in [5.41, 5.74) is -2.10. The molecule has 2 aromatic heterocycles. The van der Waals surface area contributed by atoms with Crippen molar-refractivity contribution in [1.82, 2.24) is 14.8 Å². The van der Waals surface area contributed by atoms with E-state index in [1.54, 1.807) is 0 Å². The van der Waals surface area contributed by atoms with Crippen LogP contribution in [0.1, 0.15) is 12.5 Å². The van der Waals surface area contributed by atoms with E-state index in [0.29, 0.717) is 10.7 Å². The second-order valence-corrected chi connectivity index (χ2v) is 8.85. The summed E-state index contributed by atoms with van der Waals surface area (Å²) in [6.45, 7) is -1.05. The number of halogens is 5. The highest BCUT2D eigenvalue weighted by Gasteiger charge is 2.31. The number of hydrogen-bond donors (Lipinski definition) is 0. The molecule has 0 atom stereocenters. The predicted molar refractivity (Wildman–Crippen MR) is 104 cm³/mol. The zero-order valence-electron chi connectivity index (χ0n) is 16.4. The zero-order chi connectivity index (χ0) is 23.7. The van der Waals surface area contributed by atoms with Crippen molar-refractivity contribution in [3.63, 3.8) is 0 Å². The van der Waals surface area contributed by atoms with Crippen LogP contribution in [0.15, 0.2) is 46.3 Å².